The Kier molecular flexibility index (Phi) is 6.96. The van der Waals surface area contributed by atoms with Crippen molar-refractivity contribution in [2.45, 2.75) is 44.6 Å². The van der Waals surface area contributed by atoms with Gasteiger partial charge in [-0.3, -0.25) is 4.79 Å². The van der Waals surface area contributed by atoms with Crippen molar-refractivity contribution in [3.63, 3.8) is 0 Å². The Balaban J connectivity index is 1.31. The maximum Gasteiger partial charge on any atom is 0.407 e. The normalized spacial score (nSPS) is 19.9. The number of ether oxygens (including phenoxy) is 1. The zero-order chi connectivity index (χ0) is 23.4. The van der Waals surface area contributed by atoms with Crippen LogP contribution in [-0.4, -0.2) is 42.3 Å². The van der Waals surface area contributed by atoms with E-state index in [4.69, 9.17) is 4.74 Å². The molecule has 2 aromatic carbocycles. The van der Waals surface area contributed by atoms with Crippen molar-refractivity contribution in [2.75, 3.05) is 13.2 Å². The lowest BCUT2D eigenvalue weighted by molar-refractivity contribution is -0.142. The van der Waals surface area contributed by atoms with E-state index in [1.54, 1.807) is 6.92 Å². The van der Waals surface area contributed by atoms with Crippen LogP contribution in [0.25, 0.3) is 11.1 Å². The van der Waals surface area contributed by atoms with Crippen molar-refractivity contribution < 1.29 is 24.2 Å². The summed E-state index contributed by atoms with van der Waals surface area (Å²) in [5.41, 5.74) is 4.66. The van der Waals surface area contributed by atoms with Crippen molar-refractivity contribution in [1.82, 2.24) is 10.6 Å². The molecular formula is C26H30N2O5. The van der Waals surface area contributed by atoms with Gasteiger partial charge in [-0.1, -0.05) is 61.9 Å². The van der Waals surface area contributed by atoms with Crippen LogP contribution in [0, 0.1) is 11.8 Å². The molecule has 0 saturated heterocycles. The molecule has 0 unspecified atom stereocenters. The maximum atomic E-state index is 12.6. The van der Waals surface area contributed by atoms with E-state index in [9.17, 15) is 19.5 Å². The minimum absolute atomic E-state index is 0.00449. The highest BCUT2D eigenvalue weighted by Gasteiger charge is 2.35. The monoisotopic (exact) mass is 450 g/mol. The van der Waals surface area contributed by atoms with Crippen LogP contribution in [0.1, 0.15) is 49.7 Å². The summed E-state index contributed by atoms with van der Waals surface area (Å²) in [5.74, 6) is -1.61. The molecule has 0 heterocycles. The third-order valence-electron chi connectivity index (χ3n) is 6.87. The molecule has 33 heavy (non-hydrogen) atoms. The Labute approximate surface area is 193 Å². The van der Waals surface area contributed by atoms with E-state index in [2.05, 4.69) is 34.9 Å². The fourth-order valence-electron chi connectivity index (χ4n) is 5.11. The van der Waals surface area contributed by atoms with Crippen LogP contribution in [0.2, 0.25) is 0 Å². The average molecular weight is 451 g/mol. The first kappa shape index (κ1) is 22.8. The molecule has 174 valence electrons. The van der Waals surface area contributed by atoms with Gasteiger partial charge in [0, 0.05) is 18.4 Å². The zero-order valence-corrected chi connectivity index (χ0v) is 18.8. The second kappa shape index (κ2) is 10.1. The molecule has 7 nitrogen and oxygen atoms in total. The topological polar surface area (TPSA) is 105 Å². The summed E-state index contributed by atoms with van der Waals surface area (Å²) >= 11 is 0. The molecule has 1 saturated carbocycles. The minimum atomic E-state index is -1.03. The zero-order valence-electron chi connectivity index (χ0n) is 18.8. The lowest BCUT2D eigenvalue weighted by atomic mass is 9.94. The van der Waals surface area contributed by atoms with Crippen LogP contribution in [-0.2, 0) is 14.3 Å². The second-order valence-corrected chi connectivity index (χ2v) is 8.81. The van der Waals surface area contributed by atoms with E-state index in [1.165, 1.54) is 11.1 Å². The van der Waals surface area contributed by atoms with Gasteiger partial charge in [-0.15, -0.1) is 0 Å². The third-order valence-corrected chi connectivity index (χ3v) is 6.87. The molecule has 0 bridgehead atoms. The number of rotatable bonds is 8. The number of carbonyl (C=O) groups excluding carboxylic acids is 2. The summed E-state index contributed by atoms with van der Waals surface area (Å²) in [5, 5.41) is 14.6. The molecule has 2 aliphatic rings. The van der Waals surface area contributed by atoms with Gasteiger partial charge in [0.1, 0.15) is 12.6 Å². The minimum Gasteiger partial charge on any atom is -0.480 e. The highest BCUT2D eigenvalue weighted by molar-refractivity contribution is 5.85. The third kappa shape index (κ3) is 4.87. The van der Waals surface area contributed by atoms with Crippen molar-refractivity contribution in [2.24, 2.45) is 11.8 Å². The first-order chi connectivity index (χ1) is 16.0. The average Bonchev–Trinajstić information content (AvgIpc) is 3.42. The number of fused-ring (bicyclic) bond motifs is 3. The van der Waals surface area contributed by atoms with Gasteiger partial charge in [0.15, 0.2) is 0 Å². The van der Waals surface area contributed by atoms with Crippen LogP contribution >= 0.6 is 0 Å². The van der Waals surface area contributed by atoms with Gasteiger partial charge in [0.25, 0.3) is 0 Å². The number of amides is 2. The van der Waals surface area contributed by atoms with Crippen molar-refractivity contribution in [3.05, 3.63) is 59.7 Å². The number of aliphatic carboxylic acids is 1. The van der Waals surface area contributed by atoms with Crippen LogP contribution < -0.4 is 10.6 Å². The van der Waals surface area contributed by atoms with Gasteiger partial charge in [0.05, 0.1) is 0 Å². The van der Waals surface area contributed by atoms with Crippen molar-refractivity contribution in [3.8, 4) is 11.1 Å². The predicted molar refractivity (Wildman–Crippen MR) is 124 cm³/mol. The van der Waals surface area contributed by atoms with Gasteiger partial charge in [-0.05, 0) is 47.4 Å². The van der Waals surface area contributed by atoms with Crippen LogP contribution in [0.3, 0.4) is 0 Å². The molecule has 2 aliphatic carbocycles. The van der Waals surface area contributed by atoms with Gasteiger partial charge in [-0.25, -0.2) is 9.59 Å². The van der Waals surface area contributed by atoms with Crippen molar-refractivity contribution in [1.29, 1.82) is 0 Å². The summed E-state index contributed by atoms with van der Waals surface area (Å²) in [4.78, 5) is 36.3. The smallest absolute Gasteiger partial charge is 0.407 e. The summed E-state index contributed by atoms with van der Waals surface area (Å²) < 4.78 is 5.58. The summed E-state index contributed by atoms with van der Waals surface area (Å²) in [6, 6.07) is 15.5. The molecule has 2 amide bonds. The number of carbonyl (C=O) groups is 3. The summed E-state index contributed by atoms with van der Waals surface area (Å²) in [6.45, 7) is 2.30. The van der Waals surface area contributed by atoms with Crippen LogP contribution in [0.4, 0.5) is 4.79 Å². The van der Waals surface area contributed by atoms with E-state index in [1.807, 2.05) is 24.3 Å². The van der Waals surface area contributed by atoms with Crippen LogP contribution in [0.5, 0.6) is 0 Å². The fraction of sp³-hybridized carbons (Fsp3) is 0.423. The Hall–Kier alpha value is -3.35. The number of nitrogens with one attached hydrogen (secondary N) is 2. The molecule has 0 aliphatic heterocycles. The number of alkyl carbamates (subject to hydrolysis) is 1. The van der Waals surface area contributed by atoms with Gasteiger partial charge in [0.2, 0.25) is 5.91 Å². The SMILES string of the molecule is CC[C@H](NC(=O)[C@@H]1CCC[C@@H]1CNC(=O)OCC1c2ccccc2-c2ccccc21)C(=O)O. The predicted octanol–water partition coefficient (Wildman–Crippen LogP) is 3.92. The van der Waals surface area contributed by atoms with E-state index in [-0.39, 0.29) is 30.3 Å². The lowest BCUT2D eigenvalue weighted by Gasteiger charge is -2.22. The molecule has 1 fully saturated rings. The molecular weight excluding hydrogens is 420 g/mol. The van der Waals surface area contributed by atoms with Gasteiger partial charge in [-0.2, -0.15) is 0 Å². The largest absolute Gasteiger partial charge is 0.480 e. The number of carboxylic acid groups (broad SMARTS) is 1. The van der Waals surface area contributed by atoms with E-state index >= 15 is 0 Å². The molecule has 0 radical (unpaired) electrons. The molecule has 0 aromatic heterocycles. The second-order valence-electron chi connectivity index (χ2n) is 8.81. The molecule has 3 atom stereocenters. The molecule has 3 N–H and O–H groups in total. The highest BCUT2D eigenvalue weighted by Crippen LogP contribution is 2.44. The molecule has 0 spiro atoms. The molecule has 2 aromatic rings. The molecule has 4 rings (SSSR count). The fourth-order valence-corrected chi connectivity index (χ4v) is 5.11. The van der Waals surface area contributed by atoms with Crippen LogP contribution in [0.15, 0.2) is 48.5 Å². The number of benzene rings is 2. The van der Waals surface area contributed by atoms with E-state index in [0.29, 0.717) is 19.4 Å². The summed E-state index contributed by atoms with van der Waals surface area (Å²) in [6.07, 6.45) is 2.21. The number of carboxylic acids is 1. The molecule has 7 heteroatoms. The first-order valence-corrected chi connectivity index (χ1v) is 11.6. The van der Waals surface area contributed by atoms with Gasteiger partial charge < -0.3 is 20.5 Å². The Morgan fingerprint density at radius 1 is 1.03 bits per heavy atom. The number of hydrogen-bond acceptors (Lipinski definition) is 4. The Morgan fingerprint density at radius 2 is 1.67 bits per heavy atom. The lowest BCUT2D eigenvalue weighted by Crippen LogP contribution is -2.45. The van der Waals surface area contributed by atoms with Crippen molar-refractivity contribution >= 4 is 18.0 Å². The Morgan fingerprint density at radius 3 is 2.27 bits per heavy atom. The standard InChI is InChI=1S/C26H30N2O5/c1-2-23(25(30)31)28-24(29)17-13-7-8-16(17)14-27-26(32)33-15-22-20-11-5-3-9-18(20)19-10-4-6-12-21(19)22/h3-6,9-12,16-17,22-23H,2,7-8,13-15H2,1H3,(H,27,32)(H,28,29)(H,30,31)/t16-,17-,23+/m1/s1. The Bertz CT molecular complexity index is 991. The van der Waals surface area contributed by atoms with Gasteiger partial charge >= 0.3 is 12.1 Å². The number of hydrogen-bond donors (Lipinski definition) is 3. The van der Waals surface area contributed by atoms with E-state index in [0.717, 1.165) is 24.0 Å². The maximum absolute atomic E-state index is 12.6. The first-order valence-electron chi connectivity index (χ1n) is 11.6. The quantitative estimate of drug-likeness (QED) is 0.565. The van der Waals surface area contributed by atoms with E-state index < -0.39 is 18.1 Å². The summed E-state index contributed by atoms with van der Waals surface area (Å²) in [7, 11) is 0. The highest BCUT2D eigenvalue weighted by atomic mass is 16.5.